The quantitative estimate of drug-likeness (QED) is 0.101. The van der Waals surface area contributed by atoms with E-state index in [4.69, 9.17) is 0 Å². The van der Waals surface area contributed by atoms with Crippen molar-refractivity contribution in [3.63, 3.8) is 0 Å². The summed E-state index contributed by atoms with van der Waals surface area (Å²) in [6, 6.07) is 1.92. The first kappa shape index (κ1) is 36.8. The van der Waals surface area contributed by atoms with Gasteiger partial charge in [0.15, 0.2) is 5.78 Å². The average Bonchev–Trinajstić information content (AvgIpc) is 2.92. The molecule has 3 aromatic rings. The van der Waals surface area contributed by atoms with E-state index in [1.807, 2.05) is 0 Å². The van der Waals surface area contributed by atoms with Gasteiger partial charge in [0.1, 0.15) is 11.5 Å². The molecule has 0 heterocycles. The average molecular weight is 692 g/mol. The number of nitrogens with one attached hydrogen (secondary N) is 2. The second kappa shape index (κ2) is 11.8. The Morgan fingerprint density at radius 2 is 1.02 bits per heavy atom. The normalized spacial score (nSPS) is 13.3. The van der Waals surface area contributed by atoms with E-state index >= 15 is 0 Å². The SMILES string of the molecule is CNc1cc(C(c2ccc(O)c(NC(=O)c3cc(C(C)=O)cc(C(O)(C(F)(F)F)C(F)(F)F)c3)c2)(C(F)(F)F)C(F)(F)F)ccc1O. The summed E-state index contributed by atoms with van der Waals surface area (Å²) in [6.07, 6.45) is -25.4. The molecule has 47 heavy (non-hydrogen) atoms. The van der Waals surface area contributed by atoms with Gasteiger partial charge in [-0.1, -0.05) is 12.1 Å². The second-order valence-corrected chi connectivity index (χ2v) is 9.97. The van der Waals surface area contributed by atoms with Gasteiger partial charge in [0, 0.05) is 23.7 Å². The number of ketones is 1. The summed E-state index contributed by atoms with van der Waals surface area (Å²) in [5, 5.41) is 33.6. The molecule has 3 rings (SSSR count). The molecular formula is C28H20F12N2O5. The molecule has 0 aliphatic rings. The molecule has 0 bridgehead atoms. The second-order valence-electron chi connectivity index (χ2n) is 9.97. The maximum atomic E-state index is 14.6. The Morgan fingerprint density at radius 3 is 1.43 bits per heavy atom. The van der Waals surface area contributed by atoms with Crippen LogP contribution in [0, 0.1) is 0 Å². The minimum atomic E-state index is -6.47. The molecule has 0 radical (unpaired) electrons. The highest BCUT2D eigenvalue weighted by Gasteiger charge is 2.73. The fraction of sp³-hybridized carbons (Fsp3) is 0.286. The Morgan fingerprint density at radius 1 is 0.596 bits per heavy atom. The number of alkyl halides is 12. The standard InChI is InChI=1S/C28H20F12N2O5/c1-12(43)13-7-14(9-17(8-13)24(47,27(35,36)37)28(38,39)40)22(46)42-19-11-16(4-6-21(19)45)23(25(29,30)31,26(32,33)34)15-3-5-20(44)18(10-15)41-2/h3-11,41,44-45,47H,1-2H3,(H,42,46). The van der Waals surface area contributed by atoms with Crippen molar-refractivity contribution in [2.24, 2.45) is 0 Å². The Hall–Kier alpha value is -4.68. The Balaban J connectivity index is 2.28. The number of halogens is 12. The maximum absolute atomic E-state index is 14.6. The smallest absolute Gasteiger partial charge is 0.430 e. The summed E-state index contributed by atoms with van der Waals surface area (Å²) < 4.78 is 169. The van der Waals surface area contributed by atoms with Crippen LogP contribution in [0.15, 0.2) is 54.6 Å². The third kappa shape index (κ3) is 6.22. The van der Waals surface area contributed by atoms with E-state index < -0.39 is 98.1 Å². The number of phenolic OH excluding ortho intramolecular Hbond substituents is 2. The lowest BCUT2D eigenvalue weighted by atomic mass is 9.72. The molecule has 0 aromatic heterocycles. The van der Waals surface area contributed by atoms with Crippen molar-refractivity contribution in [1.82, 2.24) is 0 Å². The highest BCUT2D eigenvalue weighted by Crippen LogP contribution is 2.57. The van der Waals surface area contributed by atoms with Crippen LogP contribution in [0.1, 0.15) is 44.3 Å². The largest absolute Gasteiger partial charge is 0.506 e. The van der Waals surface area contributed by atoms with Gasteiger partial charge < -0.3 is 26.0 Å². The molecule has 0 aliphatic carbocycles. The van der Waals surface area contributed by atoms with Crippen LogP contribution in [0.5, 0.6) is 11.5 Å². The van der Waals surface area contributed by atoms with Gasteiger partial charge in [-0.05, 0) is 60.5 Å². The van der Waals surface area contributed by atoms with E-state index in [0.29, 0.717) is 37.3 Å². The van der Waals surface area contributed by atoms with Crippen LogP contribution in [0.25, 0.3) is 0 Å². The number of aromatic hydroxyl groups is 2. The molecule has 0 aliphatic heterocycles. The fourth-order valence-corrected chi connectivity index (χ4v) is 4.67. The van der Waals surface area contributed by atoms with Gasteiger partial charge in [0.05, 0.1) is 11.4 Å². The first-order valence-electron chi connectivity index (χ1n) is 12.6. The van der Waals surface area contributed by atoms with Crippen LogP contribution in [-0.2, 0) is 11.0 Å². The van der Waals surface area contributed by atoms with Crippen molar-refractivity contribution in [1.29, 1.82) is 0 Å². The van der Waals surface area contributed by atoms with Crippen LogP contribution in [0.2, 0.25) is 0 Å². The van der Waals surface area contributed by atoms with E-state index in [1.165, 1.54) is 0 Å². The number of benzene rings is 3. The number of rotatable bonds is 7. The molecule has 7 nitrogen and oxygen atoms in total. The molecule has 0 saturated heterocycles. The zero-order valence-corrected chi connectivity index (χ0v) is 23.4. The Kier molecular flexibility index (Phi) is 9.27. The molecule has 0 fully saturated rings. The van der Waals surface area contributed by atoms with Gasteiger partial charge in [-0.25, -0.2) is 0 Å². The molecule has 0 saturated carbocycles. The van der Waals surface area contributed by atoms with Crippen LogP contribution in [0.4, 0.5) is 64.1 Å². The van der Waals surface area contributed by atoms with Gasteiger partial charge in [-0.3, -0.25) is 9.59 Å². The lowest BCUT2D eigenvalue weighted by Gasteiger charge is -2.38. The van der Waals surface area contributed by atoms with Gasteiger partial charge in [-0.2, -0.15) is 52.7 Å². The summed E-state index contributed by atoms with van der Waals surface area (Å²) in [5.74, 6) is -4.97. The number of Topliss-reactive ketones (excluding diaryl/α,β-unsaturated/α-hetero) is 1. The van der Waals surface area contributed by atoms with Crippen LogP contribution < -0.4 is 10.6 Å². The predicted molar refractivity (Wildman–Crippen MR) is 139 cm³/mol. The van der Waals surface area contributed by atoms with E-state index in [0.717, 1.165) is 7.05 Å². The number of amides is 1. The number of anilines is 2. The van der Waals surface area contributed by atoms with Gasteiger partial charge in [-0.15, -0.1) is 0 Å². The zero-order valence-electron chi connectivity index (χ0n) is 23.4. The van der Waals surface area contributed by atoms with Gasteiger partial charge in [0.25, 0.3) is 11.5 Å². The molecule has 0 atom stereocenters. The molecule has 3 aromatic carbocycles. The monoisotopic (exact) mass is 692 g/mol. The maximum Gasteiger partial charge on any atom is 0.430 e. The minimum Gasteiger partial charge on any atom is -0.506 e. The molecule has 256 valence electrons. The number of carbonyl (C=O) groups excluding carboxylic acids is 2. The lowest BCUT2D eigenvalue weighted by Crippen LogP contribution is -2.54. The zero-order chi connectivity index (χ0) is 36.1. The summed E-state index contributed by atoms with van der Waals surface area (Å²) in [7, 11) is 1.08. The summed E-state index contributed by atoms with van der Waals surface area (Å²) >= 11 is 0. The van der Waals surface area contributed by atoms with Gasteiger partial charge >= 0.3 is 24.7 Å². The first-order valence-corrected chi connectivity index (χ1v) is 12.6. The summed E-state index contributed by atoms with van der Waals surface area (Å²) in [4.78, 5) is 24.9. The van der Waals surface area contributed by atoms with Crippen molar-refractivity contribution in [2.45, 2.75) is 42.6 Å². The lowest BCUT2D eigenvalue weighted by molar-refractivity contribution is -0.376. The van der Waals surface area contributed by atoms with E-state index in [9.17, 15) is 77.6 Å². The van der Waals surface area contributed by atoms with Crippen LogP contribution >= 0.6 is 0 Å². The number of carbonyl (C=O) groups is 2. The molecule has 1 amide bonds. The predicted octanol–water partition coefficient (Wildman–Crippen LogP) is 7.32. The highest BCUT2D eigenvalue weighted by atomic mass is 19.4. The van der Waals surface area contributed by atoms with Gasteiger partial charge in [0.2, 0.25) is 5.41 Å². The Bertz CT molecular complexity index is 1670. The fourth-order valence-electron chi connectivity index (χ4n) is 4.67. The number of aliphatic hydroxyl groups is 1. The van der Waals surface area contributed by atoms with Crippen LogP contribution in [0.3, 0.4) is 0 Å². The van der Waals surface area contributed by atoms with Crippen molar-refractivity contribution < 1.29 is 77.6 Å². The highest BCUT2D eigenvalue weighted by molar-refractivity contribution is 6.07. The third-order valence-electron chi connectivity index (χ3n) is 7.07. The van der Waals surface area contributed by atoms with Crippen molar-refractivity contribution in [3.8, 4) is 11.5 Å². The molecule has 19 heteroatoms. The van der Waals surface area contributed by atoms with Crippen LogP contribution in [-0.4, -0.2) is 58.8 Å². The molecule has 0 spiro atoms. The molecule has 0 unspecified atom stereocenters. The van der Waals surface area contributed by atoms with Crippen molar-refractivity contribution in [2.75, 3.05) is 17.7 Å². The number of hydrogen-bond donors (Lipinski definition) is 5. The molecular weight excluding hydrogens is 672 g/mol. The topological polar surface area (TPSA) is 119 Å². The Labute approximate surface area is 255 Å². The number of hydrogen-bond acceptors (Lipinski definition) is 6. The van der Waals surface area contributed by atoms with E-state index in [1.54, 1.807) is 5.32 Å². The summed E-state index contributed by atoms with van der Waals surface area (Å²) in [6.45, 7) is 0.660. The minimum absolute atomic E-state index is 0.0115. The van der Waals surface area contributed by atoms with Crippen molar-refractivity contribution >= 4 is 23.1 Å². The third-order valence-corrected chi connectivity index (χ3v) is 7.07. The first-order chi connectivity index (χ1) is 21.2. The van der Waals surface area contributed by atoms with E-state index in [-0.39, 0.29) is 24.3 Å². The number of phenols is 2. The van der Waals surface area contributed by atoms with Crippen molar-refractivity contribution in [3.05, 3.63) is 82.4 Å². The summed E-state index contributed by atoms with van der Waals surface area (Å²) in [5.41, 5.74) is -19.8. The molecule has 5 N–H and O–H groups in total. The van der Waals surface area contributed by atoms with E-state index in [2.05, 4.69) is 5.32 Å².